The lowest BCUT2D eigenvalue weighted by Crippen LogP contribution is -2.40. The monoisotopic (exact) mass is 246 g/mol. The molecule has 1 aliphatic rings. The van der Waals surface area contributed by atoms with E-state index < -0.39 is 0 Å². The lowest BCUT2D eigenvalue weighted by Gasteiger charge is -2.10. The third kappa shape index (κ3) is 3.09. The zero-order chi connectivity index (χ0) is 13.0. The predicted molar refractivity (Wildman–Crippen MR) is 69.1 cm³/mol. The molecular weight excluding hydrogens is 228 g/mol. The lowest BCUT2D eigenvalue weighted by molar-refractivity contribution is -0.127. The zero-order valence-electron chi connectivity index (χ0n) is 10.5. The number of hydrogen-bond donors (Lipinski definition) is 2. The number of nitrogens with one attached hydrogen (secondary N) is 2. The van der Waals surface area contributed by atoms with Crippen LogP contribution in [-0.2, 0) is 16.0 Å². The molecule has 2 amide bonds. The molecule has 0 saturated carbocycles. The fraction of sp³-hybridized carbons (Fsp3) is 0.429. The van der Waals surface area contributed by atoms with Gasteiger partial charge in [-0.2, -0.15) is 0 Å². The zero-order valence-corrected chi connectivity index (χ0v) is 10.5. The Bertz CT molecular complexity index is 457. The minimum absolute atomic E-state index is 0.0553. The molecule has 96 valence electrons. The highest BCUT2D eigenvalue weighted by molar-refractivity contribution is 5.89. The summed E-state index contributed by atoms with van der Waals surface area (Å²) in [6.07, 6.45) is 1.83. The van der Waals surface area contributed by atoms with Crippen molar-refractivity contribution in [3.05, 3.63) is 35.4 Å². The van der Waals surface area contributed by atoms with Gasteiger partial charge >= 0.3 is 0 Å². The van der Waals surface area contributed by atoms with Gasteiger partial charge in [-0.25, -0.2) is 0 Å². The summed E-state index contributed by atoms with van der Waals surface area (Å²) < 4.78 is 0. The Hall–Kier alpha value is -1.84. The molecule has 1 aromatic rings. The molecule has 0 unspecified atom stereocenters. The summed E-state index contributed by atoms with van der Waals surface area (Å²) in [5.41, 5.74) is 2.38. The number of aryl methyl sites for hydroxylation is 2. The molecule has 1 atom stereocenters. The van der Waals surface area contributed by atoms with Crippen LogP contribution in [0.15, 0.2) is 24.3 Å². The Morgan fingerprint density at radius 3 is 2.89 bits per heavy atom. The van der Waals surface area contributed by atoms with Gasteiger partial charge in [0.1, 0.15) is 6.04 Å². The number of benzene rings is 1. The minimum Gasteiger partial charge on any atom is -0.354 e. The Labute approximate surface area is 107 Å². The maximum absolute atomic E-state index is 11.7. The summed E-state index contributed by atoms with van der Waals surface area (Å²) in [4.78, 5) is 23.1. The molecule has 18 heavy (non-hydrogen) atoms. The summed E-state index contributed by atoms with van der Waals surface area (Å²) in [5.74, 6) is -0.125. The lowest BCUT2D eigenvalue weighted by atomic mass is 10.0. The minimum atomic E-state index is -0.339. The van der Waals surface area contributed by atoms with Crippen LogP contribution in [-0.4, -0.2) is 24.4 Å². The fourth-order valence-electron chi connectivity index (χ4n) is 2.14. The summed E-state index contributed by atoms with van der Waals surface area (Å²) in [6, 6.07) is 7.70. The molecule has 1 aromatic carbocycles. The number of amides is 2. The van der Waals surface area contributed by atoms with Crippen molar-refractivity contribution in [1.82, 2.24) is 10.6 Å². The molecule has 0 spiro atoms. The summed E-state index contributed by atoms with van der Waals surface area (Å²) in [7, 11) is 0. The number of carbonyl (C=O) groups excluding carboxylic acids is 2. The van der Waals surface area contributed by atoms with E-state index in [0.29, 0.717) is 25.8 Å². The highest BCUT2D eigenvalue weighted by Crippen LogP contribution is 2.09. The Morgan fingerprint density at radius 2 is 2.22 bits per heavy atom. The maximum atomic E-state index is 11.7. The first-order chi connectivity index (χ1) is 8.66. The molecule has 1 saturated heterocycles. The van der Waals surface area contributed by atoms with Gasteiger partial charge in [-0.05, 0) is 30.9 Å². The van der Waals surface area contributed by atoms with Gasteiger partial charge in [-0.3, -0.25) is 9.59 Å². The SMILES string of the molecule is Cc1ccccc1CCC(=O)N[C@H]1CCNC1=O. The molecule has 0 radical (unpaired) electrons. The van der Waals surface area contributed by atoms with Crippen molar-refractivity contribution >= 4 is 11.8 Å². The predicted octanol–water partition coefficient (Wildman–Crippen LogP) is 0.932. The Morgan fingerprint density at radius 1 is 1.44 bits per heavy atom. The van der Waals surface area contributed by atoms with Crippen molar-refractivity contribution in [2.24, 2.45) is 0 Å². The summed E-state index contributed by atoms with van der Waals surface area (Å²) in [6.45, 7) is 2.69. The van der Waals surface area contributed by atoms with E-state index in [0.717, 1.165) is 0 Å². The van der Waals surface area contributed by atoms with Gasteiger partial charge in [0.25, 0.3) is 0 Å². The molecule has 4 heteroatoms. The van der Waals surface area contributed by atoms with Gasteiger partial charge in [0.15, 0.2) is 0 Å². The summed E-state index contributed by atoms with van der Waals surface area (Å²) >= 11 is 0. The molecule has 1 heterocycles. The van der Waals surface area contributed by atoms with Crippen molar-refractivity contribution in [3.63, 3.8) is 0 Å². The van der Waals surface area contributed by atoms with Crippen LogP contribution in [0.5, 0.6) is 0 Å². The summed E-state index contributed by atoms with van der Waals surface area (Å²) in [5, 5.41) is 5.47. The third-order valence-electron chi connectivity index (χ3n) is 3.27. The molecule has 0 bridgehead atoms. The van der Waals surface area contributed by atoms with Gasteiger partial charge in [0, 0.05) is 13.0 Å². The first-order valence-corrected chi connectivity index (χ1v) is 6.28. The van der Waals surface area contributed by atoms with E-state index in [9.17, 15) is 9.59 Å². The molecule has 2 rings (SSSR count). The average molecular weight is 246 g/mol. The molecule has 2 N–H and O–H groups in total. The fourth-order valence-corrected chi connectivity index (χ4v) is 2.14. The number of carbonyl (C=O) groups is 2. The standard InChI is InChI=1S/C14H18N2O2/c1-10-4-2-3-5-11(10)6-7-13(17)16-12-8-9-15-14(12)18/h2-5,12H,6-9H2,1H3,(H,15,18)(H,16,17)/t12-/m0/s1. The van der Waals surface area contributed by atoms with E-state index >= 15 is 0 Å². The first-order valence-electron chi connectivity index (χ1n) is 6.28. The van der Waals surface area contributed by atoms with Crippen molar-refractivity contribution in [2.45, 2.75) is 32.2 Å². The number of rotatable bonds is 4. The molecule has 0 aliphatic carbocycles. The van der Waals surface area contributed by atoms with Crippen molar-refractivity contribution in [2.75, 3.05) is 6.54 Å². The van der Waals surface area contributed by atoms with E-state index in [1.807, 2.05) is 31.2 Å². The van der Waals surface area contributed by atoms with E-state index in [1.54, 1.807) is 0 Å². The van der Waals surface area contributed by atoms with Crippen LogP contribution in [0, 0.1) is 6.92 Å². The third-order valence-corrected chi connectivity index (χ3v) is 3.27. The highest BCUT2D eigenvalue weighted by Gasteiger charge is 2.25. The number of hydrogen-bond acceptors (Lipinski definition) is 2. The van der Waals surface area contributed by atoms with E-state index in [4.69, 9.17) is 0 Å². The van der Waals surface area contributed by atoms with Crippen LogP contribution in [0.1, 0.15) is 24.0 Å². The molecule has 4 nitrogen and oxygen atoms in total. The van der Waals surface area contributed by atoms with E-state index in [-0.39, 0.29) is 17.9 Å². The van der Waals surface area contributed by atoms with Crippen LogP contribution in [0.3, 0.4) is 0 Å². The normalized spacial score (nSPS) is 18.5. The Kier molecular flexibility index (Phi) is 3.97. The Balaban J connectivity index is 1.82. The second kappa shape index (κ2) is 5.67. The van der Waals surface area contributed by atoms with Crippen molar-refractivity contribution in [3.8, 4) is 0 Å². The van der Waals surface area contributed by atoms with Gasteiger partial charge in [0.2, 0.25) is 11.8 Å². The quantitative estimate of drug-likeness (QED) is 0.830. The van der Waals surface area contributed by atoms with Crippen molar-refractivity contribution in [1.29, 1.82) is 0 Å². The molecule has 1 fully saturated rings. The van der Waals surface area contributed by atoms with Gasteiger partial charge in [0.05, 0.1) is 0 Å². The maximum Gasteiger partial charge on any atom is 0.242 e. The van der Waals surface area contributed by atoms with Crippen LogP contribution in [0.4, 0.5) is 0 Å². The molecular formula is C14H18N2O2. The second-order valence-corrected chi connectivity index (χ2v) is 4.63. The van der Waals surface area contributed by atoms with Crippen LogP contribution < -0.4 is 10.6 Å². The van der Waals surface area contributed by atoms with Crippen LogP contribution in [0.2, 0.25) is 0 Å². The average Bonchev–Trinajstić information content (AvgIpc) is 2.74. The highest BCUT2D eigenvalue weighted by atomic mass is 16.2. The first kappa shape index (κ1) is 12.6. The molecule has 1 aliphatic heterocycles. The second-order valence-electron chi connectivity index (χ2n) is 4.63. The van der Waals surface area contributed by atoms with Crippen LogP contribution in [0.25, 0.3) is 0 Å². The smallest absolute Gasteiger partial charge is 0.242 e. The van der Waals surface area contributed by atoms with Crippen molar-refractivity contribution < 1.29 is 9.59 Å². The van der Waals surface area contributed by atoms with E-state index in [2.05, 4.69) is 10.6 Å². The van der Waals surface area contributed by atoms with Crippen LogP contribution >= 0.6 is 0 Å². The topological polar surface area (TPSA) is 58.2 Å². The largest absolute Gasteiger partial charge is 0.354 e. The van der Waals surface area contributed by atoms with E-state index in [1.165, 1.54) is 11.1 Å². The van der Waals surface area contributed by atoms with Gasteiger partial charge in [-0.15, -0.1) is 0 Å². The van der Waals surface area contributed by atoms with Gasteiger partial charge < -0.3 is 10.6 Å². The molecule has 0 aromatic heterocycles. The van der Waals surface area contributed by atoms with Gasteiger partial charge in [-0.1, -0.05) is 24.3 Å².